The van der Waals surface area contributed by atoms with Crippen LogP contribution < -0.4 is 5.32 Å². The Balaban J connectivity index is 2.56. The van der Waals surface area contributed by atoms with Crippen molar-refractivity contribution < 1.29 is 0 Å². The van der Waals surface area contributed by atoms with Gasteiger partial charge in [0, 0.05) is 16.1 Å². The summed E-state index contributed by atoms with van der Waals surface area (Å²) in [4.78, 5) is 0. The molecule has 1 N–H and O–H groups in total. The predicted molar refractivity (Wildman–Crippen MR) is 56.6 cm³/mol. The molecule has 0 amide bonds. The highest BCUT2D eigenvalue weighted by atomic mass is 35.5. The van der Waals surface area contributed by atoms with E-state index in [4.69, 9.17) is 23.2 Å². The first-order valence-electron chi connectivity index (χ1n) is 4.39. The molecule has 0 saturated carbocycles. The molecule has 0 aliphatic carbocycles. The van der Waals surface area contributed by atoms with Crippen molar-refractivity contribution in [2.24, 2.45) is 0 Å². The smallest absolute Gasteiger partial charge is 0.0456 e. The second-order valence-electron chi connectivity index (χ2n) is 3.38. The van der Waals surface area contributed by atoms with Crippen LogP contribution in [0.1, 0.15) is 24.1 Å². The van der Waals surface area contributed by atoms with Crippen LogP contribution in [0.2, 0.25) is 10.0 Å². The maximum atomic E-state index is 6.10. The van der Waals surface area contributed by atoms with E-state index in [1.807, 2.05) is 12.1 Å². The van der Waals surface area contributed by atoms with Crippen molar-refractivity contribution in [3.63, 3.8) is 0 Å². The van der Waals surface area contributed by atoms with Crippen molar-refractivity contribution in [1.82, 2.24) is 5.32 Å². The summed E-state index contributed by atoms with van der Waals surface area (Å²) in [7, 11) is 0. The minimum Gasteiger partial charge on any atom is -0.310 e. The average Bonchev–Trinajstić information content (AvgIpc) is 2.07. The number of benzene rings is 1. The third kappa shape index (κ3) is 1.69. The molecule has 70 valence electrons. The van der Waals surface area contributed by atoms with Crippen molar-refractivity contribution >= 4 is 23.2 Å². The van der Waals surface area contributed by atoms with E-state index in [1.54, 1.807) is 0 Å². The summed E-state index contributed by atoms with van der Waals surface area (Å²) in [5.74, 6) is 0. The Hall–Kier alpha value is -0.240. The lowest BCUT2D eigenvalue weighted by atomic mass is 9.95. The molecule has 13 heavy (non-hydrogen) atoms. The molecule has 1 aliphatic rings. The molecule has 1 aromatic carbocycles. The Morgan fingerprint density at radius 1 is 1.38 bits per heavy atom. The molecule has 1 nitrogen and oxygen atoms in total. The van der Waals surface area contributed by atoms with Crippen LogP contribution in [0.25, 0.3) is 0 Å². The molecule has 0 unspecified atom stereocenters. The van der Waals surface area contributed by atoms with Gasteiger partial charge in [-0.15, -0.1) is 0 Å². The molecule has 0 aromatic heterocycles. The molecular formula is C10H11Cl2N. The largest absolute Gasteiger partial charge is 0.310 e. The van der Waals surface area contributed by atoms with E-state index < -0.39 is 0 Å². The van der Waals surface area contributed by atoms with E-state index in [1.165, 1.54) is 11.1 Å². The highest BCUT2D eigenvalue weighted by Crippen LogP contribution is 2.31. The van der Waals surface area contributed by atoms with Gasteiger partial charge in [-0.3, -0.25) is 0 Å². The van der Waals surface area contributed by atoms with Crippen LogP contribution in [0.4, 0.5) is 0 Å². The highest BCUT2D eigenvalue weighted by molar-refractivity contribution is 6.35. The fourth-order valence-corrected chi connectivity index (χ4v) is 2.40. The van der Waals surface area contributed by atoms with E-state index in [0.29, 0.717) is 6.04 Å². The molecule has 0 fully saturated rings. The summed E-state index contributed by atoms with van der Waals surface area (Å²) in [5.41, 5.74) is 2.49. The van der Waals surface area contributed by atoms with Gasteiger partial charge < -0.3 is 5.32 Å². The Kier molecular flexibility index (Phi) is 2.50. The topological polar surface area (TPSA) is 12.0 Å². The van der Waals surface area contributed by atoms with Gasteiger partial charge in [-0.2, -0.15) is 0 Å². The summed E-state index contributed by atoms with van der Waals surface area (Å²) in [6.45, 7) is 3.13. The first kappa shape index (κ1) is 9.32. The second kappa shape index (κ2) is 3.49. The summed E-state index contributed by atoms with van der Waals surface area (Å²) in [6.07, 6.45) is 0.996. The third-order valence-corrected chi connectivity index (χ3v) is 3.04. The van der Waals surface area contributed by atoms with E-state index >= 15 is 0 Å². The number of hydrogen-bond donors (Lipinski definition) is 1. The van der Waals surface area contributed by atoms with Gasteiger partial charge >= 0.3 is 0 Å². The zero-order chi connectivity index (χ0) is 9.42. The van der Waals surface area contributed by atoms with Crippen molar-refractivity contribution in [3.05, 3.63) is 33.3 Å². The van der Waals surface area contributed by atoms with E-state index in [2.05, 4.69) is 12.2 Å². The van der Waals surface area contributed by atoms with E-state index in [-0.39, 0.29) is 0 Å². The summed E-state index contributed by atoms with van der Waals surface area (Å²) >= 11 is 12.0. The lowest BCUT2D eigenvalue weighted by Crippen LogP contribution is -2.27. The number of rotatable bonds is 0. The highest BCUT2D eigenvalue weighted by Gasteiger charge is 2.18. The number of fused-ring (bicyclic) bond motifs is 1. The van der Waals surface area contributed by atoms with Crippen LogP contribution in [-0.4, -0.2) is 6.54 Å². The predicted octanol–water partition coefficient (Wildman–Crippen LogP) is 3.20. The van der Waals surface area contributed by atoms with Gasteiger partial charge in [0.05, 0.1) is 0 Å². The van der Waals surface area contributed by atoms with Crippen molar-refractivity contribution in [1.29, 1.82) is 0 Å². The van der Waals surface area contributed by atoms with Crippen LogP contribution in [0.5, 0.6) is 0 Å². The van der Waals surface area contributed by atoms with Gasteiger partial charge in [0.25, 0.3) is 0 Å². The molecule has 0 saturated heterocycles. The SMILES string of the molecule is C[C@H]1NCCc2c(Cl)cc(Cl)cc21. The van der Waals surface area contributed by atoms with Gasteiger partial charge in [0.1, 0.15) is 0 Å². The van der Waals surface area contributed by atoms with Gasteiger partial charge in [-0.1, -0.05) is 23.2 Å². The number of halogens is 2. The Bertz CT molecular complexity index is 336. The molecule has 0 spiro atoms. The molecule has 1 aromatic rings. The second-order valence-corrected chi connectivity index (χ2v) is 4.22. The van der Waals surface area contributed by atoms with Crippen molar-refractivity contribution in [3.8, 4) is 0 Å². The molecule has 0 radical (unpaired) electrons. The third-order valence-electron chi connectivity index (χ3n) is 2.49. The fraction of sp³-hybridized carbons (Fsp3) is 0.400. The average molecular weight is 216 g/mol. The molecule has 3 heteroatoms. The lowest BCUT2D eigenvalue weighted by molar-refractivity contribution is 0.541. The number of hydrogen-bond acceptors (Lipinski definition) is 1. The van der Waals surface area contributed by atoms with Gasteiger partial charge in [0.2, 0.25) is 0 Å². The quantitative estimate of drug-likeness (QED) is 0.702. The Labute approximate surface area is 88.0 Å². The summed E-state index contributed by atoms with van der Waals surface area (Å²) in [6, 6.07) is 4.18. The molecule has 1 aliphatic heterocycles. The molecule has 1 heterocycles. The van der Waals surface area contributed by atoms with E-state index in [9.17, 15) is 0 Å². The van der Waals surface area contributed by atoms with Crippen molar-refractivity contribution in [2.75, 3.05) is 6.54 Å². The van der Waals surface area contributed by atoms with Crippen LogP contribution >= 0.6 is 23.2 Å². The minimum atomic E-state index is 0.361. The van der Waals surface area contributed by atoms with Crippen LogP contribution in [0, 0.1) is 0 Å². The summed E-state index contributed by atoms with van der Waals surface area (Å²) < 4.78 is 0. The van der Waals surface area contributed by atoms with Crippen molar-refractivity contribution in [2.45, 2.75) is 19.4 Å². The standard InChI is InChI=1S/C10H11Cl2N/c1-6-9-4-7(11)5-10(12)8(9)2-3-13-6/h4-6,13H,2-3H2,1H3/t6-/m1/s1. The fourth-order valence-electron chi connectivity index (χ4n) is 1.80. The first-order chi connectivity index (χ1) is 6.18. The maximum absolute atomic E-state index is 6.10. The zero-order valence-electron chi connectivity index (χ0n) is 7.40. The minimum absolute atomic E-state index is 0.361. The Morgan fingerprint density at radius 2 is 2.15 bits per heavy atom. The van der Waals surface area contributed by atoms with Gasteiger partial charge in [-0.25, -0.2) is 0 Å². The zero-order valence-corrected chi connectivity index (χ0v) is 8.91. The molecule has 2 rings (SSSR count). The Morgan fingerprint density at radius 3 is 2.92 bits per heavy atom. The molecule has 1 atom stereocenters. The maximum Gasteiger partial charge on any atom is 0.0456 e. The van der Waals surface area contributed by atoms with Crippen LogP contribution in [0.3, 0.4) is 0 Å². The number of nitrogens with one attached hydrogen (secondary N) is 1. The van der Waals surface area contributed by atoms with E-state index in [0.717, 1.165) is 23.0 Å². The normalized spacial score (nSPS) is 21.3. The van der Waals surface area contributed by atoms with Crippen LogP contribution in [-0.2, 0) is 6.42 Å². The van der Waals surface area contributed by atoms with Gasteiger partial charge in [-0.05, 0) is 43.1 Å². The molecule has 0 bridgehead atoms. The first-order valence-corrected chi connectivity index (χ1v) is 5.15. The summed E-state index contributed by atoms with van der Waals surface area (Å²) in [5, 5.41) is 4.90. The van der Waals surface area contributed by atoms with Crippen LogP contribution in [0.15, 0.2) is 12.1 Å². The van der Waals surface area contributed by atoms with Gasteiger partial charge in [0.15, 0.2) is 0 Å². The monoisotopic (exact) mass is 215 g/mol. The molecular weight excluding hydrogens is 205 g/mol. The lowest BCUT2D eigenvalue weighted by Gasteiger charge is -2.24.